The summed E-state index contributed by atoms with van der Waals surface area (Å²) in [4.78, 5) is 0. The van der Waals surface area contributed by atoms with Gasteiger partial charge in [0.2, 0.25) is 0 Å². The van der Waals surface area contributed by atoms with Crippen molar-refractivity contribution in [3.8, 4) is 0 Å². The lowest BCUT2D eigenvalue weighted by Gasteiger charge is -2.16. The van der Waals surface area contributed by atoms with Gasteiger partial charge in [-0.1, -0.05) is 17.7 Å². The zero-order chi connectivity index (χ0) is 10.6. The van der Waals surface area contributed by atoms with E-state index in [1.54, 1.807) is 19.2 Å². The van der Waals surface area contributed by atoms with Crippen molar-refractivity contribution in [1.29, 1.82) is 0 Å². The topological polar surface area (TPSA) is 47.3 Å². The summed E-state index contributed by atoms with van der Waals surface area (Å²) in [6, 6.07) is 4.61. The normalized spacial score (nSPS) is 12.9. The number of methoxy groups -OCH3 is 1. The molecule has 1 rings (SSSR count). The van der Waals surface area contributed by atoms with Crippen molar-refractivity contribution < 1.29 is 9.13 Å². The van der Waals surface area contributed by atoms with Gasteiger partial charge in [-0.05, 0) is 13.0 Å². The lowest BCUT2D eigenvalue weighted by Crippen LogP contribution is -2.31. The number of aryl methyl sites for hydroxylation is 1. The number of nitrogens with one attached hydrogen (secondary N) is 1. The van der Waals surface area contributed by atoms with Crippen LogP contribution < -0.4 is 11.3 Å². The Labute approximate surface area is 83.0 Å². The Balaban J connectivity index is 2.96. The van der Waals surface area contributed by atoms with Crippen molar-refractivity contribution in [3.05, 3.63) is 35.1 Å². The molecule has 0 fully saturated rings. The second kappa shape index (κ2) is 5.05. The summed E-state index contributed by atoms with van der Waals surface area (Å²) in [5.41, 5.74) is 4.06. The first-order chi connectivity index (χ1) is 6.69. The van der Waals surface area contributed by atoms with Crippen LogP contribution in [0.2, 0.25) is 0 Å². The molecule has 3 nitrogen and oxygen atoms in total. The van der Waals surface area contributed by atoms with Crippen LogP contribution in [0.4, 0.5) is 4.39 Å². The maximum atomic E-state index is 13.4. The molecule has 14 heavy (non-hydrogen) atoms. The van der Waals surface area contributed by atoms with Crippen LogP contribution in [0.5, 0.6) is 0 Å². The second-order valence-corrected chi connectivity index (χ2v) is 3.20. The van der Waals surface area contributed by atoms with E-state index in [1.165, 1.54) is 6.07 Å². The van der Waals surface area contributed by atoms with E-state index in [9.17, 15) is 4.39 Å². The molecule has 0 saturated carbocycles. The van der Waals surface area contributed by atoms with Crippen LogP contribution in [0, 0.1) is 12.7 Å². The summed E-state index contributed by atoms with van der Waals surface area (Å²) < 4.78 is 18.3. The van der Waals surface area contributed by atoms with E-state index < -0.39 is 0 Å². The van der Waals surface area contributed by atoms with Gasteiger partial charge in [0.1, 0.15) is 5.82 Å². The fourth-order valence-electron chi connectivity index (χ4n) is 1.32. The molecule has 0 aliphatic rings. The smallest absolute Gasteiger partial charge is 0.128 e. The molecule has 0 aliphatic heterocycles. The first kappa shape index (κ1) is 11.1. The molecule has 4 heteroatoms. The number of hydrogen-bond acceptors (Lipinski definition) is 3. The second-order valence-electron chi connectivity index (χ2n) is 3.20. The van der Waals surface area contributed by atoms with Crippen LogP contribution in [0.25, 0.3) is 0 Å². The summed E-state index contributed by atoms with van der Waals surface area (Å²) in [6.45, 7) is 2.25. The summed E-state index contributed by atoms with van der Waals surface area (Å²) >= 11 is 0. The van der Waals surface area contributed by atoms with E-state index in [1.807, 2.05) is 6.92 Å². The Morgan fingerprint density at radius 3 is 2.86 bits per heavy atom. The van der Waals surface area contributed by atoms with Crippen LogP contribution in [0.1, 0.15) is 17.2 Å². The molecule has 0 spiro atoms. The van der Waals surface area contributed by atoms with Crippen molar-refractivity contribution in [3.63, 3.8) is 0 Å². The third kappa shape index (κ3) is 2.51. The maximum absolute atomic E-state index is 13.4. The van der Waals surface area contributed by atoms with Gasteiger partial charge in [-0.3, -0.25) is 11.3 Å². The van der Waals surface area contributed by atoms with Crippen LogP contribution in [-0.4, -0.2) is 13.7 Å². The van der Waals surface area contributed by atoms with Gasteiger partial charge < -0.3 is 4.74 Å². The van der Waals surface area contributed by atoms with E-state index in [2.05, 4.69) is 5.43 Å². The third-order valence-corrected chi connectivity index (χ3v) is 2.06. The average Bonchev–Trinajstić information content (AvgIpc) is 2.18. The van der Waals surface area contributed by atoms with Gasteiger partial charge >= 0.3 is 0 Å². The molecule has 3 N–H and O–H groups in total. The van der Waals surface area contributed by atoms with Crippen molar-refractivity contribution in [2.24, 2.45) is 5.84 Å². The van der Waals surface area contributed by atoms with Crippen LogP contribution in [0.3, 0.4) is 0 Å². The Bertz CT molecular complexity index is 304. The molecule has 0 aromatic heterocycles. The number of benzene rings is 1. The third-order valence-electron chi connectivity index (χ3n) is 2.06. The van der Waals surface area contributed by atoms with Crippen LogP contribution >= 0.6 is 0 Å². The van der Waals surface area contributed by atoms with Crippen molar-refractivity contribution >= 4 is 0 Å². The summed E-state index contributed by atoms with van der Waals surface area (Å²) in [5, 5.41) is 0. The number of hydrazine groups is 1. The number of ether oxygens (including phenoxy) is 1. The van der Waals surface area contributed by atoms with Gasteiger partial charge in [-0.25, -0.2) is 4.39 Å². The molecule has 1 unspecified atom stereocenters. The van der Waals surface area contributed by atoms with Gasteiger partial charge in [0, 0.05) is 12.7 Å². The van der Waals surface area contributed by atoms with Gasteiger partial charge in [0.15, 0.2) is 0 Å². The SMILES string of the molecule is COCC(NN)c1cc(C)ccc1F. The largest absolute Gasteiger partial charge is 0.383 e. The Hall–Kier alpha value is -0.970. The Morgan fingerprint density at radius 1 is 1.57 bits per heavy atom. The number of nitrogens with two attached hydrogens (primary N) is 1. The number of halogens is 1. The minimum Gasteiger partial charge on any atom is -0.383 e. The monoisotopic (exact) mass is 198 g/mol. The standard InChI is InChI=1S/C10H15FN2O/c1-7-3-4-9(11)8(5-7)10(13-12)6-14-2/h3-5,10,13H,6,12H2,1-2H3. The molecule has 0 heterocycles. The van der Waals surface area contributed by atoms with E-state index in [0.717, 1.165) is 5.56 Å². The van der Waals surface area contributed by atoms with Crippen LogP contribution in [0.15, 0.2) is 18.2 Å². The van der Waals surface area contributed by atoms with E-state index in [4.69, 9.17) is 10.6 Å². The first-order valence-electron chi connectivity index (χ1n) is 4.40. The maximum Gasteiger partial charge on any atom is 0.128 e. The molecular weight excluding hydrogens is 183 g/mol. The lowest BCUT2D eigenvalue weighted by molar-refractivity contribution is 0.165. The first-order valence-corrected chi connectivity index (χ1v) is 4.40. The fraction of sp³-hybridized carbons (Fsp3) is 0.400. The lowest BCUT2D eigenvalue weighted by atomic mass is 10.0. The number of rotatable bonds is 4. The molecule has 0 bridgehead atoms. The van der Waals surface area contributed by atoms with Gasteiger partial charge in [0.25, 0.3) is 0 Å². The zero-order valence-corrected chi connectivity index (χ0v) is 8.38. The summed E-state index contributed by atoms with van der Waals surface area (Å²) in [6.07, 6.45) is 0. The predicted octanol–water partition coefficient (Wildman–Crippen LogP) is 1.28. The van der Waals surface area contributed by atoms with Crippen molar-refractivity contribution in [1.82, 2.24) is 5.43 Å². The highest BCUT2D eigenvalue weighted by molar-refractivity contribution is 5.26. The molecule has 78 valence electrons. The Kier molecular flexibility index (Phi) is 4.00. The van der Waals surface area contributed by atoms with E-state index >= 15 is 0 Å². The minimum atomic E-state index is -0.306. The fourth-order valence-corrected chi connectivity index (χ4v) is 1.32. The van der Waals surface area contributed by atoms with Crippen molar-refractivity contribution in [2.45, 2.75) is 13.0 Å². The van der Waals surface area contributed by atoms with Crippen LogP contribution in [-0.2, 0) is 4.74 Å². The molecule has 0 amide bonds. The summed E-state index contributed by atoms with van der Waals surface area (Å²) in [5.74, 6) is 5.05. The van der Waals surface area contributed by atoms with E-state index in [-0.39, 0.29) is 11.9 Å². The van der Waals surface area contributed by atoms with Gasteiger partial charge in [-0.15, -0.1) is 0 Å². The molecular formula is C10H15FN2O. The molecule has 0 saturated heterocycles. The minimum absolute atomic E-state index is 0.268. The number of hydrogen-bond donors (Lipinski definition) is 2. The molecule has 1 aromatic carbocycles. The van der Waals surface area contributed by atoms with E-state index in [0.29, 0.717) is 12.2 Å². The zero-order valence-electron chi connectivity index (χ0n) is 8.38. The van der Waals surface area contributed by atoms with Crippen molar-refractivity contribution in [2.75, 3.05) is 13.7 Å². The highest BCUT2D eigenvalue weighted by atomic mass is 19.1. The molecule has 0 aliphatic carbocycles. The highest BCUT2D eigenvalue weighted by Crippen LogP contribution is 2.18. The summed E-state index contributed by atoms with van der Waals surface area (Å²) in [7, 11) is 1.55. The Morgan fingerprint density at radius 2 is 2.29 bits per heavy atom. The van der Waals surface area contributed by atoms with Gasteiger partial charge in [-0.2, -0.15) is 0 Å². The quantitative estimate of drug-likeness (QED) is 0.566. The molecule has 1 aromatic rings. The average molecular weight is 198 g/mol. The molecule has 1 atom stereocenters. The highest BCUT2D eigenvalue weighted by Gasteiger charge is 2.13. The predicted molar refractivity (Wildman–Crippen MR) is 53.1 cm³/mol. The molecule has 0 radical (unpaired) electrons. The van der Waals surface area contributed by atoms with Gasteiger partial charge in [0.05, 0.1) is 12.6 Å².